The lowest BCUT2D eigenvalue weighted by Gasteiger charge is -2.22. The number of rotatable bonds is 10. The Morgan fingerprint density at radius 1 is 0.800 bits per heavy atom. The number of nitrogens with one attached hydrogen (secondary N) is 2. The van der Waals surface area contributed by atoms with Crippen LogP contribution in [0.4, 0.5) is 4.79 Å². The fourth-order valence-electron chi connectivity index (χ4n) is 3.35. The van der Waals surface area contributed by atoms with Gasteiger partial charge in [-0.1, -0.05) is 89.9 Å². The number of hydrogen-bond acceptors (Lipinski definition) is 4. The van der Waals surface area contributed by atoms with E-state index in [9.17, 15) is 19.5 Å². The van der Waals surface area contributed by atoms with E-state index in [4.69, 9.17) is 27.9 Å². The van der Waals surface area contributed by atoms with Crippen LogP contribution in [0.15, 0.2) is 78.9 Å². The predicted molar refractivity (Wildman–Crippen MR) is 133 cm³/mol. The van der Waals surface area contributed by atoms with Gasteiger partial charge in [-0.15, -0.1) is 0 Å². The zero-order valence-corrected chi connectivity index (χ0v) is 20.1. The smallest absolute Gasteiger partial charge is 0.408 e. The first kappa shape index (κ1) is 26.1. The minimum absolute atomic E-state index is 0.0270. The highest BCUT2D eigenvalue weighted by Gasteiger charge is 2.28. The second kappa shape index (κ2) is 12.8. The largest absolute Gasteiger partial charge is 0.480 e. The molecular weight excluding hydrogens is 491 g/mol. The van der Waals surface area contributed by atoms with Crippen LogP contribution < -0.4 is 10.6 Å². The molecular formula is C26H24Cl2N2O5. The molecule has 182 valence electrons. The van der Waals surface area contributed by atoms with E-state index in [-0.39, 0.29) is 19.4 Å². The number of benzene rings is 3. The third-order valence-corrected chi connectivity index (χ3v) is 5.74. The van der Waals surface area contributed by atoms with Crippen molar-refractivity contribution in [2.45, 2.75) is 31.5 Å². The van der Waals surface area contributed by atoms with E-state index in [1.807, 2.05) is 24.3 Å². The van der Waals surface area contributed by atoms with E-state index in [2.05, 4.69) is 10.6 Å². The highest BCUT2D eigenvalue weighted by Crippen LogP contribution is 2.22. The summed E-state index contributed by atoms with van der Waals surface area (Å²) in [6.07, 6.45) is -0.716. The molecule has 7 nitrogen and oxygen atoms in total. The van der Waals surface area contributed by atoms with Gasteiger partial charge in [-0.05, 0) is 28.8 Å². The number of amides is 2. The summed E-state index contributed by atoms with van der Waals surface area (Å²) in [5.41, 5.74) is 2.08. The van der Waals surface area contributed by atoms with Crippen LogP contribution in [0.5, 0.6) is 0 Å². The van der Waals surface area contributed by atoms with E-state index < -0.39 is 30.1 Å². The Balaban J connectivity index is 1.71. The standard InChI is InChI=1S/C26H24Cl2N2O5/c27-20-12-11-19(21(28)15-20)14-23(25(32)33)29-24(31)22(13-17-7-3-1-4-8-17)30-26(34)35-16-18-9-5-2-6-10-18/h1-12,15,22-23H,13-14,16H2,(H,29,31)(H,30,34)(H,32,33)/t22-,23-/m1/s1. The van der Waals surface area contributed by atoms with E-state index >= 15 is 0 Å². The number of carbonyl (C=O) groups excluding carboxylic acids is 2. The van der Waals surface area contributed by atoms with Crippen molar-refractivity contribution in [1.82, 2.24) is 10.6 Å². The zero-order valence-electron chi connectivity index (χ0n) is 18.6. The molecule has 0 fully saturated rings. The molecule has 9 heteroatoms. The second-order valence-electron chi connectivity index (χ2n) is 7.79. The zero-order chi connectivity index (χ0) is 25.2. The number of halogens is 2. The van der Waals surface area contributed by atoms with Crippen LogP contribution >= 0.6 is 23.2 Å². The van der Waals surface area contributed by atoms with Gasteiger partial charge >= 0.3 is 12.1 Å². The topological polar surface area (TPSA) is 105 Å². The number of carboxylic acids is 1. The van der Waals surface area contributed by atoms with Gasteiger partial charge in [0.2, 0.25) is 5.91 Å². The van der Waals surface area contributed by atoms with Crippen LogP contribution in [0.2, 0.25) is 10.0 Å². The van der Waals surface area contributed by atoms with Gasteiger partial charge in [-0.25, -0.2) is 9.59 Å². The summed E-state index contributed by atoms with van der Waals surface area (Å²) >= 11 is 12.1. The first-order valence-electron chi connectivity index (χ1n) is 10.8. The van der Waals surface area contributed by atoms with Crippen LogP contribution in [-0.2, 0) is 33.8 Å². The fourth-order valence-corrected chi connectivity index (χ4v) is 3.83. The van der Waals surface area contributed by atoms with E-state index in [1.54, 1.807) is 48.5 Å². The van der Waals surface area contributed by atoms with Gasteiger partial charge in [-0.3, -0.25) is 4.79 Å². The molecule has 0 aliphatic heterocycles. The molecule has 0 bridgehead atoms. The summed E-state index contributed by atoms with van der Waals surface area (Å²) in [5, 5.41) is 15.5. The van der Waals surface area contributed by atoms with Gasteiger partial charge in [0.1, 0.15) is 18.7 Å². The molecule has 0 radical (unpaired) electrons. The molecule has 3 N–H and O–H groups in total. The van der Waals surface area contributed by atoms with Crippen molar-refractivity contribution < 1.29 is 24.2 Å². The van der Waals surface area contributed by atoms with Crippen molar-refractivity contribution in [3.63, 3.8) is 0 Å². The van der Waals surface area contributed by atoms with Gasteiger partial charge in [0.15, 0.2) is 0 Å². The Labute approximate surface area is 213 Å². The molecule has 3 aromatic rings. The average molecular weight is 515 g/mol. The maximum absolute atomic E-state index is 13.1. The number of carbonyl (C=O) groups is 3. The van der Waals surface area contributed by atoms with Crippen molar-refractivity contribution in [3.05, 3.63) is 106 Å². The maximum atomic E-state index is 13.1. The Morgan fingerprint density at radius 3 is 2.03 bits per heavy atom. The predicted octanol–water partition coefficient (Wildman–Crippen LogP) is 4.64. The van der Waals surface area contributed by atoms with Crippen LogP contribution in [0.25, 0.3) is 0 Å². The molecule has 2 amide bonds. The number of hydrogen-bond donors (Lipinski definition) is 3. The monoisotopic (exact) mass is 514 g/mol. The quantitative estimate of drug-likeness (QED) is 0.365. The summed E-state index contributed by atoms with van der Waals surface area (Å²) in [6.45, 7) is 0.0270. The van der Waals surface area contributed by atoms with E-state index in [1.165, 1.54) is 6.07 Å². The first-order chi connectivity index (χ1) is 16.8. The molecule has 3 rings (SSSR count). The van der Waals surface area contributed by atoms with Crippen molar-refractivity contribution in [3.8, 4) is 0 Å². The summed E-state index contributed by atoms with van der Waals surface area (Å²) in [4.78, 5) is 37.4. The normalized spacial score (nSPS) is 12.3. The molecule has 0 saturated carbocycles. The van der Waals surface area contributed by atoms with Gasteiger partial charge in [0.25, 0.3) is 0 Å². The maximum Gasteiger partial charge on any atom is 0.408 e. The van der Waals surface area contributed by atoms with Crippen LogP contribution in [0.1, 0.15) is 16.7 Å². The van der Waals surface area contributed by atoms with E-state index in [0.29, 0.717) is 15.6 Å². The van der Waals surface area contributed by atoms with Gasteiger partial charge in [0.05, 0.1) is 0 Å². The number of ether oxygens (including phenoxy) is 1. The minimum atomic E-state index is -1.28. The lowest BCUT2D eigenvalue weighted by molar-refractivity contribution is -0.142. The Kier molecular flexibility index (Phi) is 9.52. The van der Waals surface area contributed by atoms with Crippen LogP contribution in [0, 0.1) is 0 Å². The van der Waals surface area contributed by atoms with Crippen LogP contribution in [-0.4, -0.2) is 35.2 Å². The summed E-state index contributed by atoms with van der Waals surface area (Å²) < 4.78 is 5.25. The molecule has 0 aromatic heterocycles. The molecule has 0 aliphatic rings. The number of alkyl carbamates (subject to hydrolysis) is 1. The van der Waals surface area contributed by atoms with Gasteiger partial charge in [0, 0.05) is 22.9 Å². The van der Waals surface area contributed by atoms with Gasteiger partial charge in [-0.2, -0.15) is 0 Å². The molecule has 3 aromatic carbocycles. The van der Waals surface area contributed by atoms with Crippen molar-refractivity contribution >= 4 is 41.2 Å². The summed E-state index contributed by atoms with van der Waals surface area (Å²) in [5.74, 6) is -1.91. The second-order valence-corrected chi connectivity index (χ2v) is 8.63. The molecule has 0 saturated heterocycles. The number of carboxylic acid groups (broad SMARTS) is 1. The van der Waals surface area contributed by atoms with Gasteiger partial charge < -0.3 is 20.5 Å². The van der Waals surface area contributed by atoms with Crippen molar-refractivity contribution in [2.75, 3.05) is 0 Å². The average Bonchev–Trinajstić information content (AvgIpc) is 2.84. The Hall–Kier alpha value is -3.55. The molecule has 0 unspecified atom stereocenters. The highest BCUT2D eigenvalue weighted by molar-refractivity contribution is 6.35. The first-order valence-corrected chi connectivity index (χ1v) is 11.6. The summed E-state index contributed by atoms with van der Waals surface area (Å²) in [7, 11) is 0. The Morgan fingerprint density at radius 2 is 1.43 bits per heavy atom. The third-order valence-electron chi connectivity index (χ3n) is 5.16. The number of aliphatic carboxylic acids is 1. The lowest BCUT2D eigenvalue weighted by atomic mass is 10.0. The minimum Gasteiger partial charge on any atom is -0.480 e. The van der Waals surface area contributed by atoms with E-state index in [0.717, 1.165) is 11.1 Å². The highest BCUT2D eigenvalue weighted by atomic mass is 35.5. The lowest BCUT2D eigenvalue weighted by Crippen LogP contribution is -2.53. The Bertz CT molecular complexity index is 1160. The molecule has 0 heterocycles. The van der Waals surface area contributed by atoms with Crippen LogP contribution in [0.3, 0.4) is 0 Å². The molecule has 2 atom stereocenters. The third kappa shape index (κ3) is 8.31. The van der Waals surface area contributed by atoms with Crippen molar-refractivity contribution in [2.24, 2.45) is 0 Å². The fraction of sp³-hybridized carbons (Fsp3) is 0.192. The molecule has 35 heavy (non-hydrogen) atoms. The SMILES string of the molecule is O=C(N[C@H](Cc1ccccc1)C(=O)N[C@H](Cc1ccc(Cl)cc1Cl)C(=O)O)OCc1ccccc1. The molecule has 0 aliphatic carbocycles. The van der Waals surface area contributed by atoms with Crippen molar-refractivity contribution in [1.29, 1.82) is 0 Å². The molecule has 0 spiro atoms. The summed E-state index contributed by atoms with van der Waals surface area (Å²) in [6, 6.07) is 20.5.